The molecule has 1 saturated heterocycles. The van der Waals surface area contributed by atoms with Crippen molar-refractivity contribution in [3.8, 4) is 0 Å². The van der Waals surface area contributed by atoms with Gasteiger partial charge in [-0.1, -0.05) is 36.4 Å². The number of likely N-dealkylation sites (tertiary alicyclic amines) is 1. The van der Waals surface area contributed by atoms with E-state index in [9.17, 15) is 9.90 Å². The van der Waals surface area contributed by atoms with Gasteiger partial charge < -0.3 is 10.0 Å². The maximum Gasteiger partial charge on any atom is 0.307 e. The van der Waals surface area contributed by atoms with Gasteiger partial charge in [0.2, 0.25) is 0 Å². The Morgan fingerprint density at radius 2 is 2.12 bits per heavy atom. The Hall–Kier alpha value is -1.91. The molecule has 1 aliphatic rings. The molecule has 25 heavy (non-hydrogen) atoms. The molecule has 1 aromatic carbocycles. The average molecular weight is 356 g/mol. The van der Waals surface area contributed by atoms with E-state index in [0.717, 1.165) is 32.4 Å². The summed E-state index contributed by atoms with van der Waals surface area (Å²) in [6, 6.07) is 12.7. The number of hydrogen-bond donors (Lipinski definition) is 1. The molecule has 1 fully saturated rings. The second-order valence-corrected chi connectivity index (χ2v) is 7.60. The molecule has 1 atom stereocenters. The van der Waals surface area contributed by atoms with Gasteiger partial charge in [0.1, 0.15) is 0 Å². The van der Waals surface area contributed by atoms with Crippen LogP contribution in [0.1, 0.15) is 35.3 Å². The first-order valence-corrected chi connectivity index (χ1v) is 9.78. The fourth-order valence-electron chi connectivity index (χ4n) is 3.46. The fraction of sp³-hybridized carbons (Fsp3) is 0.381. The molecule has 1 aromatic heterocycles. The first-order valence-electron chi connectivity index (χ1n) is 8.90. The Bertz CT molecular complexity index is 735. The van der Waals surface area contributed by atoms with Crippen molar-refractivity contribution in [3.63, 3.8) is 0 Å². The van der Waals surface area contributed by atoms with Crippen LogP contribution in [0.2, 0.25) is 0 Å². The summed E-state index contributed by atoms with van der Waals surface area (Å²) in [5.41, 5.74) is 3.85. The van der Waals surface area contributed by atoms with Gasteiger partial charge in [-0.05, 0) is 60.9 Å². The third-order valence-corrected chi connectivity index (χ3v) is 5.89. The van der Waals surface area contributed by atoms with Gasteiger partial charge in [0.25, 0.3) is 0 Å². The number of carboxylic acid groups (broad SMARTS) is 1. The second kappa shape index (κ2) is 8.45. The molecule has 1 unspecified atom stereocenters. The number of piperidine rings is 1. The van der Waals surface area contributed by atoms with E-state index < -0.39 is 5.97 Å². The highest BCUT2D eigenvalue weighted by Gasteiger charge is 2.24. The number of thiophene rings is 1. The van der Waals surface area contributed by atoms with Crippen LogP contribution >= 0.6 is 11.3 Å². The zero-order valence-electron chi connectivity index (χ0n) is 14.6. The van der Waals surface area contributed by atoms with Crippen molar-refractivity contribution in [2.24, 2.45) is 5.92 Å². The topological polar surface area (TPSA) is 40.5 Å². The molecule has 4 heteroatoms. The molecular formula is C21H25NO2S. The third kappa shape index (κ3) is 4.59. The summed E-state index contributed by atoms with van der Waals surface area (Å²) >= 11 is 1.78. The lowest BCUT2D eigenvalue weighted by molar-refractivity contribution is -0.143. The van der Waals surface area contributed by atoms with Crippen molar-refractivity contribution in [2.75, 3.05) is 19.6 Å². The fourth-order valence-corrected chi connectivity index (χ4v) is 4.45. The van der Waals surface area contributed by atoms with E-state index in [2.05, 4.69) is 53.6 Å². The Kier molecular flexibility index (Phi) is 6.05. The van der Waals surface area contributed by atoms with Crippen molar-refractivity contribution < 1.29 is 9.90 Å². The van der Waals surface area contributed by atoms with E-state index in [1.807, 2.05) is 6.07 Å². The normalized spacial score (nSPS) is 19.1. The molecule has 0 aliphatic carbocycles. The molecule has 0 radical (unpaired) electrons. The van der Waals surface area contributed by atoms with Gasteiger partial charge in [0.15, 0.2) is 0 Å². The van der Waals surface area contributed by atoms with Crippen molar-refractivity contribution in [1.82, 2.24) is 4.90 Å². The summed E-state index contributed by atoms with van der Waals surface area (Å²) in [6.07, 6.45) is 5.05. The van der Waals surface area contributed by atoms with Gasteiger partial charge in [-0.25, -0.2) is 0 Å². The smallest absolute Gasteiger partial charge is 0.307 e. The highest BCUT2D eigenvalue weighted by Crippen LogP contribution is 2.31. The number of nitrogens with zero attached hydrogens (tertiary/aromatic N) is 1. The number of aryl methyl sites for hydroxylation is 1. The van der Waals surface area contributed by atoms with Gasteiger partial charge in [-0.3, -0.25) is 4.79 Å². The van der Waals surface area contributed by atoms with Gasteiger partial charge in [0.05, 0.1) is 5.92 Å². The van der Waals surface area contributed by atoms with Crippen LogP contribution in [0.25, 0.3) is 5.57 Å². The maximum atomic E-state index is 11.2. The molecule has 2 heterocycles. The minimum absolute atomic E-state index is 0.203. The Balaban J connectivity index is 1.72. The summed E-state index contributed by atoms with van der Waals surface area (Å²) < 4.78 is 0. The molecule has 0 spiro atoms. The Morgan fingerprint density at radius 3 is 2.80 bits per heavy atom. The zero-order chi connectivity index (χ0) is 17.6. The molecular weight excluding hydrogens is 330 g/mol. The number of carboxylic acids is 1. The molecule has 2 aromatic rings. The molecule has 132 valence electrons. The van der Waals surface area contributed by atoms with Crippen molar-refractivity contribution >= 4 is 22.9 Å². The van der Waals surface area contributed by atoms with Crippen molar-refractivity contribution in [1.29, 1.82) is 0 Å². The standard InChI is InChI=1S/C21H25NO2S/c1-16-11-14-25-20(16)19(17-7-3-2-4-8-17)10-6-13-22-12-5-9-18(15-22)21(23)24/h2-4,7-8,10-11,14,18H,5-6,9,12-13,15H2,1H3,(H,23,24)/b19-10+. The number of carbonyl (C=O) groups is 1. The van der Waals surface area contributed by atoms with Crippen LogP contribution in [0, 0.1) is 12.8 Å². The van der Waals surface area contributed by atoms with Crippen LogP contribution < -0.4 is 0 Å². The lowest BCUT2D eigenvalue weighted by Gasteiger charge is -2.30. The summed E-state index contributed by atoms with van der Waals surface area (Å²) in [4.78, 5) is 14.8. The van der Waals surface area contributed by atoms with Gasteiger partial charge in [-0.15, -0.1) is 11.3 Å². The molecule has 0 bridgehead atoms. The SMILES string of the molecule is Cc1ccsc1/C(=C/CCN1CCCC(C(=O)O)C1)c1ccccc1. The number of benzene rings is 1. The summed E-state index contributed by atoms with van der Waals surface area (Å²) in [6.45, 7) is 4.77. The molecule has 1 N–H and O–H groups in total. The van der Waals surface area contributed by atoms with E-state index in [1.54, 1.807) is 11.3 Å². The van der Waals surface area contributed by atoms with Gasteiger partial charge >= 0.3 is 5.97 Å². The average Bonchev–Trinajstić information content (AvgIpc) is 3.05. The monoisotopic (exact) mass is 355 g/mol. The van der Waals surface area contributed by atoms with E-state index in [1.165, 1.54) is 21.6 Å². The first kappa shape index (κ1) is 17.9. The van der Waals surface area contributed by atoms with Crippen LogP contribution in [0.3, 0.4) is 0 Å². The lowest BCUT2D eigenvalue weighted by atomic mass is 9.97. The van der Waals surface area contributed by atoms with Crippen LogP contribution in [-0.2, 0) is 4.79 Å². The highest BCUT2D eigenvalue weighted by molar-refractivity contribution is 7.11. The van der Waals surface area contributed by atoms with E-state index in [4.69, 9.17) is 0 Å². The predicted molar refractivity (Wildman–Crippen MR) is 104 cm³/mol. The second-order valence-electron chi connectivity index (χ2n) is 6.68. The quantitative estimate of drug-likeness (QED) is 0.818. The van der Waals surface area contributed by atoms with Crippen molar-refractivity contribution in [3.05, 3.63) is 63.9 Å². The van der Waals surface area contributed by atoms with Crippen molar-refractivity contribution in [2.45, 2.75) is 26.2 Å². The zero-order valence-corrected chi connectivity index (χ0v) is 15.5. The van der Waals surface area contributed by atoms with Crippen LogP contribution in [0.4, 0.5) is 0 Å². The van der Waals surface area contributed by atoms with E-state index in [-0.39, 0.29) is 5.92 Å². The molecule has 0 amide bonds. The summed E-state index contributed by atoms with van der Waals surface area (Å²) in [5, 5.41) is 11.4. The van der Waals surface area contributed by atoms with E-state index in [0.29, 0.717) is 6.54 Å². The third-order valence-electron chi connectivity index (χ3n) is 4.84. The lowest BCUT2D eigenvalue weighted by Crippen LogP contribution is -2.39. The van der Waals surface area contributed by atoms with Crippen LogP contribution in [0.5, 0.6) is 0 Å². The van der Waals surface area contributed by atoms with Crippen LogP contribution in [0.15, 0.2) is 47.9 Å². The molecule has 3 nitrogen and oxygen atoms in total. The molecule has 3 rings (SSSR count). The first-order chi connectivity index (χ1) is 12.1. The number of aliphatic carboxylic acids is 1. The van der Waals surface area contributed by atoms with Gasteiger partial charge in [-0.2, -0.15) is 0 Å². The van der Waals surface area contributed by atoms with Crippen LogP contribution in [-0.4, -0.2) is 35.6 Å². The Morgan fingerprint density at radius 1 is 1.32 bits per heavy atom. The minimum Gasteiger partial charge on any atom is -0.481 e. The molecule has 1 aliphatic heterocycles. The Labute approximate surface area is 153 Å². The summed E-state index contributed by atoms with van der Waals surface area (Å²) in [5.74, 6) is -0.856. The predicted octanol–water partition coefficient (Wildman–Crippen LogP) is 4.67. The van der Waals surface area contributed by atoms with Gasteiger partial charge in [0, 0.05) is 18.0 Å². The highest BCUT2D eigenvalue weighted by atomic mass is 32.1. The minimum atomic E-state index is -0.653. The maximum absolute atomic E-state index is 11.2. The molecule has 0 saturated carbocycles. The summed E-state index contributed by atoms with van der Waals surface area (Å²) in [7, 11) is 0. The number of rotatable bonds is 6. The number of hydrogen-bond acceptors (Lipinski definition) is 3. The van der Waals surface area contributed by atoms with E-state index >= 15 is 0 Å². The largest absolute Gasteiger partial charge is 0.481 e.